The number of ether oxygens (including phenoxy) is 1. The van der Waals surface area contributed by atoms with Crippen LogP contribution in [0, 0.1) is 0 Å². The predicted molar refractivity (Wildman–Crippen MR) is 126 cm³/mol. The van der Waals surface area contributed by atoms with Crippen LogP contribution in [0.5, 0.6) is 0 Å². The normalized spacial score (nSPS) is 18.9. The molecular weight excluding hydrogens is 442 g/mol. The minimum atomic E-state index is -3.70. The van der Waals surface area contributed by atoms with E-state index in [0.29, 0.717) is 16.3 Å². The van der Waals surface area contributed by atoms with Gasteiger partial charge in [-0.15, -0.1) is 0 Å². The number of hydrogen-bond donors (Lipinski definition) is 1. The monoisotopic (exact) mass is 471 g/mol. The fraction of sp³-hybridized carbons (Fsp3) is 0.417. The lowest BCUT2D eigenvalue weighted by molar-refractivity contribution is -0.122. The van der Waals surface area contributed by atoms with Crippen LogP contribution in [0.2, 0.25) is 0 Å². The predicted octanol–water partition coefficient (Wildman–Crippen LogP) is 3.86. The lowest BCUT2D eigenvalue weighted by atomic mass is 10.00. The van der Waals surface area contributed by atoms with E-state index in [0.717, 1.165) is 49.1 Å². The number of hydrogen-bond acceptors (Lipinski definition) is 6. The zero-order valence-corrected chi connectivity index (χ0v) is 19.4. The van der Waals surface area contributed by atoms with Crippen molar-refractivity contribution in [3.05, 3.63) is 54.4 Å². The van der Waals surface area contributed by atoms with Gasteiger partial charge in [0.1, 0.15) is 0 Å². The Hall–Kier alpha value is -2.91. The first-order valence-electron chi connectivity index (χ1n) is 11.2. The van der Waals surface area contributed by atoms with Crippen LogP contribution in [0.15, 0.2) is 53.7 Å². The van der Waals surface area contributed by atoms with Crippen molar-refractivity contribution in [2.45, 2.75) is 49.0 Å². The molecule has 2 aliphatic rings. The van der Waals surface area contributed by atoms with Crippen LogP contribution >= 0.6 is 0 Å². The van der Waals surface area contributed by atoms with Gasteiger partial charge in [-0.2, -0.15) is 0 Å². The molecule has 1 N–H and O–H groups in total. The SMILES string of the molecule is CO[C@H]1CCN(c2ccc(S(=O)(=O)n3cc(C4CCCC4)c4ncccc43)cc2)C1.O=CO. The molecule has 3 aromatic rings. The molecule has 2 aromatic heterocycles. The van der Waals surface area contributed by atoms with E-state index in [1.165, 1.54) is 16.8 Å². The molecule has 8 nitrogen and oxygen atoms in total. The van der Waals surface area contributed by atoms with Crippen molar-refractivity contribution in [2.24, 2.45) is 0 Å². The van der Waals surface area contributed by atoms with Crippen molar-refractivity contribution in [1.29, 1.82) is 0 Å². The minimum absolute atomic E-state index is 0.237. The summed E-state index contributed by atoms with van der Waals surface area (Å²) in [6.45, 7) is 1.50. The topological polar surface area (TPSA) is 102 Å². The molecule has 3 heterocycles. The fourth-order valence-electron chi connectivity index (χ4n) is 4.89. The van der Waals surface area contributed by atoms with Crippen LogP contribution in [0.1, 0.15) is 43.6 Å². The van der Waals surface area contributed by atoms with Crippen molar-refractivity contribution < 1.29 is 23.1 Å². The molecule has 176 valence electrons. The summed E-state index contributed by atoms with van der Waals surface area (Å²) >= 11 is 0. The second-order valence-corrected chi connectivity index (χ2v) is 10.2. The largest absolute Gasteiger partial charge is 0.483 e. The molecule has 1 atom stereocenters. The van der Waals surface area contributed by atoms with E-state index in [-0.39, 0.29) is 12.6 Å². The molecule has 0 spiro atoms. The molecule has 1 aromatic carbocycles. The van der Waals surface area contributed by atoms with Crippen LogP contribution in [-0.2, 0) is 19.6 Å². The first-order valence-corrected chi connectivity index (χ1v) is 12.6. The second-order valence-electron chi connectivity index (χ2n) is 8.43. The number of methoxy groups -OCH3 is 1. The zero-order valence-electron chi connectivity index (χ0n) is 18.6. The first-order chi connectivity index (χ1) is 16.0. The third-order valence-electron chi connectivity index (χ3n) is 6.59. The Morgan fingerprint density at radius 2 is 1.82 bits per heavy atom. The van der Waals surface area contributed by atoms with E-state index >= 15 is 0 Å². The van der Waals surface area contributed by atoms with Gasteiger partial charge >= 0.3 is 0 Å². The number of carbonyl (C=O) groups is 1. The molecule has 0 radical (unpaired) electrons. The summed E-state index contributed by atoms with van der Waals surface area (Å²) in [6.07, 6.45) is 9.36. The number of aromatic nitrogens is 2. The van der Waals surface area contributed by atoms with E-state index in [2.05, 4.69) is 9.88 Å². The van der Waals surface area contributed by atoms with Gasteiger partial charge < -0.3 is 14.7 Å². The fourth-order valence-corrected chi connectivity index (χ4v) is 6.25. The number of fused-ring (bicyclic) bond motifs is 1. The van der Waals surface area contributed by atoms with E-state index in [1.54, 1.807) is 37.7 Å². The minimum Gasteiger partial charge on any atom is -0.483 e. The lowest BCUT2D eigenvalue weighted by Gasteiger charge is -2.18. The van der Waals surface area contributed by atoms with Crippen molar-refractivity contribution in [3.8, 4) is 0 Å². The summed E-state index contributed by atoms with van der Waals surface area (Å²) in [6, 6.07) is 10.9. The van der Waals surface area contributed by atoms with Crippen LogP contribution in [-0.4, -0.2) is 55.3 Å². The summed E-state index contributed by atoms with van der Waals surface area (Å²) in [5.74, 6) is 0.394. The lowest BCUT2D eigenvalue weighted by Crippen LogP contribution is -2.22. The molecule has 0 bridgehead atoms. The summed E-state index contributed by atoms with van der Waals surface area (Å²) in [4.78, 5) is 15.4. The maximum Gasteiger partial charge on any atom is 0.290 e. The number of carboxylic acid groups (broad SMARTS) is 1. The van der Waals surface area contributed by atoms with Crippen LogP contribution < -0.4 is 4.90 Å². The highest BCUT2D eigenvalue weighted by atomic mass is 32.2. The van der Waals surface area contributed by atoms with Crippen molar-refractivity contribution in [3.63, 3.8) is 0 Å². The van der Waals surface area contributed by atoms with Gasteiger partial charge in [-0.25, -0.2) is 12.4 Å². The molecule has 5 rings (SSSR count). The number of anilines is 1. The van der Waals surface area contributed by atoms with Crippen molar-refractivity contribution in [1.82, 2.24) is 8.96 Å². The molecule has 9 heteroatoms. The highest BCUT2D eigenvalue weighted by Gasteiger charge is 2.27. The summed E-state index contributed by atoms with van der Waals surface area (Å²) in [5.41, 5.74) is 3.56. The quantitative estimate of drug-likeness (QED) is 0.564. The van der Waals surface area contributed by atoms with E-state index in [1.807, 2.05) is 18.2 Å². The number of benzene rings is 1. The molecule has 33 heavy (non-hydrogen) atoms. The maximum absolute atomic E-state index is 13.5. The Morgan fingerprint density at radius 1 is 1.12 bits per heavy atom. The van der Waals surface area contributed by atoms with Gasteiger partial charge in [-0.3, -0.25) is 9.78 Å². The maximum atomic E-state index is 13.5. The van der Waals surface area contributed by atoms with Gasteiger partial charge in [0.2, 0.25) is 0 Å². The Bertz CT molecular complexity index is 1200. The summed E-state index contributed by atoms with van der Waals surface area (Å²) in [5, 5.41) is 6.89. The van der Waals surface area contributed by atoms with E-state index in [9.17, 15) is 8.42 Å². The van der Waals surface area contributed by atoms with Crippen molar-refractivity contribution >= 4 is 33.2 Å². The van der Waals surface area contributed by atoms with Crippen LogP contribution in [0.25, 0.3) is 11.0 Å². The standard InChI is InChI=1S/C23H27N3O3S.CH2O2/c1-29-19-12-14-25(15-19)18-8-10-20(11-9-18)30(27,28)26-16-21(17-5-2-3-6-17)23-22(26)7-4-13-24-23;2-1-3/h4,7-11,13,16-17,19H,2-3,5-6,12,14-15H2,1H3;1H,(H,2,3)/t19-;/m0./s1. The smallest absolute Gasteiger partial charge is 0.290 e. The Labute approximate surface area is 193 Å². The number of rotatable bonds is 5. The highest BCUT2D eigenvalue weighted by Crippen LogP contribution is 2.38. The summed E-state index contributed by atoms with van der Waals surface area (Å²) < 4.78 is 33.9. The molecule has 0 amide bonds. The zero-order chi connectivity index (χ0) is 23.4. The van der Waals surface area contributed by atoms with Gasteiger partial charge in [0.15, 0.2) is 0 Å². The van der Waals surface area contributed by atoms with Gasteiger partial charge in [0, 0.05) is 43.8 Å². The molecule has 1 saturated carbocycles. The third kappa shape index (κ3) is 4.60. The van der Waals surface area contributed by atoms with Gasteiger partial charge in [0.25, 0.3) is 16.5 Å². The number of pyridine rings is 1. The van der Waals surface area contributed by atoms with Crippen LogP contribution in [0.4, 0.5) is 5.69 Å². The highest BCUT2D eigenvalue weighted by molar-refractivity contribution is 7.90. The Morgan fingerprint density at radius 3 is 2.45 bits per heavy atom. The average molecular weight is 472 g/mol. The van der Waals surface area contributed by atoms with Crippen LogP contribution in [0.3, 0.4) is 0 Å². The molecule has 2 fully saturated rings. The molecular formula is C24H29N3O5S. The summed E-state index contributed by atoms with van der Waals surface area (Å²) in [7, 11) is -1.96. The average Bonchev–Trinajstić information content (AvgIpc) is 3.59. The molecule has 1 saturated heterocycles. The first kappa shape index (κ1) is 23.3. The van der Waals surface area contributed by atoms with Gasteiger partial charge in [-0.05, 0) is 61.6 Å². The molecule has 0 unspecified atom stereocenters. The molecule has 1 aliphatic carbocycles. The number of nitrogens with zero attached hydrogens (tertiary/aromatic N) is 3. The van der Waals surface area contributed by atoms with Gasteiger partial charge in [0.05, 0.1) is 22.0 Å². The van der Waals surface area contributed by atoms with E-state index < -0.39 is 10.0 Å². The Kier molecular flexibility index (Phi) is 6.99. The second kappa shape index (κ2) is 9.93. The third-order valence-corrected chi connectivity index (χ3v) is 8.27. The van der Waals surface area contributed by atoms with E-state index in [4.69, 9.17) is 14.6 Å². The Balaban J connectivity index is 0.000000821. The molecule has 1 aliphatic heterocycles. The van der Waals surface area contributed by atoms with Crippen molar-refractivity contribution in [2.75, 3.05) is 25.1 Å². The van der Waals surface area contributed by atoms with Gasteiger partial charge in [-0.1, -0.05) is 12.8 Å².